The van der Waals surface area contributed by atoms with Gasteiger partial charge in [0.15, 0.2) is 0 Å². The molecule has 5 heteroatoms. The van der Waals surface area contributed by atoms with Crippen molar-refractivity contribution in [1.29, 1.82) is 0 Å². The van der Waals surface area contributed by atoms with Gasteiger partial charge in [0.05, 0.1) is 6.10 Å². The summed E-state index contributed by atoms with van der Waals surface area (Å²) in [6.45, 7) is 0.303. The van der Waals surface area contributed by atoms with E-state index in [0.717, 1.165) is 25.1 Å². The summed E-state index contributed by atoms with van der Waals surface area (Å²) in [5.74, 6) is 0.882. The summed E-state index contributed by atoms with van der Waals surface area (Å²) < 4.78 is 17.8. The average Bonchev–Trinajstić information content (AvgIpc) is 2.54. The number of rotatable bonds is 6. The quantitative estimate of drug-likeness (QED) is 0.679. The maximum Gasteiger partial charge on any atom is 0.255 e. The first-order chi connectivity index (χ1) is 6.99. The molecule has 0 bridgehead atoms. The van der Waals surface area contributed by atoms with Crippen LogP contribution in [0.15, 0.2) is 0 Å². The largest absolute Gasteiger partial charge is 0.318 e. The molecule has 90 valence electrons. The van der Waals surface area contributed by atoms with Crippen molar-refractivity contribution < 1.29 is 9.09 Å². The molecule has 1 atom stereocenters. The fraction of sp³-hybridized carbons (Fsp3) is 1.00. The Bertz CT molecular complexity index is 229. The van der Waals surface area contributed by atoms with E-state index in [0.29, 0.717) is 0 Å². The molecule has 1 aliphatic carbocycles. The smallest absolute Gasteiger partial charge is 0.255 e. The molecular formula is C10H22NO2PS. The first-order valence-electron chi connectivity index (χ1n) is 5.55. The first kappa shape index (κ1) is 13.6. The van der Waals surface area contributed by atoms with Crippen LogP contribution in [0.5, 0.6) is 0 Å². The lowest BCUT2D eigenvalue weighted by atomic mass is 10.3. The van der Waals surface area contributed by atoms with Crippen molar-refractivity contribution in [2.75, 3.05) is 33.1 Å². The summed E-state index contributed by atoms with van der Waals surface area (Å²) in [5, 5.41) is 0. The normalized spacial score (nSPS) is 22.1. The van der Waals surface area contributed by atoms with Crippen LogP contribution in [0, 0.1) is 0 Å². The second-order valence-electron chi connectivity index (χ2n) is 4.42. The lowest BCUT2D eigenvalue weighted by Crippen LogP contribution is -2.15. The van der Waals surface area contributed by atoms with Crippen molar-refractivity contribution in [1.82, 2.24) is 4.90 Å². The SMILES string of the molecule is CN(C)CCSP(C)(=O)OC1CCCC1. The third kappa shape index (κ3) is 5.96. The highest BCUT2D eigenvalue weighted by atomic mass is 32.7. The maximum atomic E-state index is 12.1. The van der Waals surface area contributed by atoms with Gasteiger partial charge in [-0.25, -0.2) is 0 Å². The molecule has 0 radical (unpaired) electrons. The van der Waals surface area contributed by atoms with Crippen molar-refractivity contribution in [2.24, 2.45) is 0 Å². The Morgan fingerprint density at radius 1 is 1.40 bits per heavy atom. The monoisotopic (exact) mass is 251 g/mol. The molecule has 0 aromatic rings. The van der Waals surface area contributed by atoms with Crippen LogP contribution in [-0.2, 0) is 9.09 Å². The minimum Gasteiger partial charge on any atom is -0.318 e. The Kier molecular flexibility index (Phi) is 5.69. The minimum atomic E-state index is -2.41. The highest BCUT2D eigenvalue weighted by Gasteiger charge is 2.25. The highest BCUT2D eigenvalue weighted by molar-refractivity contribution is 8.56. The van der Waals surface area contributed by atoms with Crippen molar-refractivity contribution in [3.05, 3.63) is 0 Å². The predicted octanol–water partition coefficient (Wildman–Crippen LogP) is 3.06. The Morgan fingerprint density at radius 2 is 2.00 bits per heavy atom. The zero-order valence-corrected chi connectivity index (χ0v) is 11.7. The standard InChI is InChI=1S/C10H22NO2PS/c1-11(2)8-9-15-14(3,12)13-10-6-4-5-7-10/h10H,4-9H2,1-3H3. The van der Waals surface area contributed by atoms with E-state index in [2.05, 4.69) is 4.90 Å². The lowest BCUT2D eigenvalue weighted by molar-refractivity contribution is 0.222. The van der Waals surface area contributed by atoms with Crippen LogP contribution in [0.1, 0.15) is 25.7 Å². The van der Waals surface area contributed by atoms with E-state index in [4.69, 9.17) is 4.52 Å². The van der Waals surface area contributed by atoms with E-state index < -0.39 is 6.57 Å². The highest BCUT2D eigenvalue weighted by Crippen LogP contribution is 2.58. The Labute approximate surface area is 97.1 Å². The van der Waals surface area contributed by atoms with Crippen LogP contribution >= 0.6 is 18.0 Å². The topological polar surface area (TPSA) is 29.5 Å². The predicted molar refractivity (Wildman–Crippen MR) is 67.9 cm³/mol. The molecule has 0 N–H and O–H groups in total. The van der Waals surface area contributed by atoms with Gasteiger partial charge in [-0.1, -0.05) is 24.2 Å². The maximum absolute atomic E-state index is 12.1. The van der Waals surface area contributed by atoms with Gasteiger partial charge in [-0.15, -0.1) is 0 Å². The van der Waals surface area contributed by atoms with E-state index in [1.165, 1.54) is 24.2 Å². The zero-order chi connectivity index (χ0) is 11.3. The molecule has 0 saturated heterocycles. The fourth-order valence-corrected chi connectivity index (χ4v) is 5.06. The molecule has 1 saturated carbocycles. The number of hydrogen-bond donors (Lipinski definition) is 0. The van der Waals surface area contributed by atoms with Crippen molar-refractivity contribution in [3.8, 4) is 0 Å². The summed E-state index contributed by atoms with van der Waals surface area (Å²) >= 11 is 1.49. The van der Waals surface area contributed by atoms with E-state index in [-0.39, 0.29) is 6.10 Å². The molecule has 1 aliphatic rings. The summed E-state index contributed by atoms with van der Waals surface area (Å²) in [5.41, 5.74) is 0. The van der Waals surface area contributed by atoms with Gasteiger partial charge in [0.2, 0.25) is 0 Å². The van der Waals surface area contributed by atoms with Gasteiger partial charge in [-0.2, -0.15) is 0 Å². The van der Waals surface area contributed by atoms with E-state index >= 15 is 0 Å². The molecular weight excluding hydrogens is 229 g/mol. The summed E-state index contributed by atoms with van der Waals surface area (Å²) in [6.07, 6.45) is 4.89. The molecule has 0 heterocycles. The molecule has 1 rings (SSSR count). The molecule has 0 aliphatic heterocycles. The molecule has 1 fully saturated rings. The van der Waals surface area contributed by atoms with Crippen molar-refractivity contribution in [3.63, 3.8) is 0 Å². The first-order valence-corrected chi connectivity index (χ1v) is 9.21. The van der Waals surface area contributed by atoms with Crippen molar-refractivity contribution >= 4 is 18.0 Å². The van der Waals surface area contributed by atoms with E-state index in [1.54, 1.807) is 6.66 Å². The summed E-state index contributed by atoms with van der Waals surface area (Å²) in [7, 11) is 4.05. The molecule has 1 unspecified atom stereocenters. The van der Waals surface area contributed by atoms with Gasteiger partial charge in [0, 0.05) is 19.0 Å². The summed E-state index contributed by atoms with van der Waals surface area (Å²) in [6, 6.07) is 0. The van der Waals surface area contributed by atoms with Gasteiger partial charge in [0.25, 0.3) is 6.57 Å². The Balaban J connectivity index is 2.21. The molecule has 0 amide bonds. The average molecular weight is 251 g/mol. The number of nitrogens with zero attached hydrogens (tertiary/aromatic N) is 1. The second kappa shape index (κ2) is 6.29. The van der Waals surface area contributed by atoms with Gasteiger partial charge >= 0.3 is 0 Å². The van der Waals surface area contributed by atoms with Gasteiger partial charge in [-0.3, -0.25) is 4.57 Å². The zero-order valence-electron chi connectivity index (χ0n) is 9.94. The summed E-state index contributed by atoms with van der Waals surface area (Å²) in [4.78, 5) is 2.10. The Hall–Kier alpha value is 0.500. The van der Waals surface area contributed by atoms with E-state index in [9.17, 15) is 4.57 Å². The van der Waals surface area contributed by atoms with Crippen LogP contribution in [0.25, 0.3) is 0 Å². The van der Waals surface area contributed by atoms with Crippen LogP contribution in [0.4, 0.5) is 0 Å². The van der Waals surface area contributed by atoms with Gasteiger partial charge in [-0.05, 0) is 26.9 Å². The molecule has 0 aromatic carbocycles. The molecule has 0 aromatic heterocycles. The Morgan fingerprint density at radius 3 is 2.53 bits per heavy atom. The van der Waals surface area contributed by atoms with Gasteiger partial charge in [0.1, 0.15) is 0 Å². The van der Waals surface area contributed by atoms with Crippen LogP contribution < -0.4 is 0 Å². The minimum absolute atomic E-state index is 0.257. The fourth-order valence-electron chi connectivity index (χ4n) is 1.68. The van der Waals surface area contributed by atoms with E-state index in [1.807, 2.05) is 14.1 Å². The third-order valence-corrected chi connectivity index (χ3v) is 6.24. The molecule has 15 heavy (non-hydrogen) atoms. The second-order valence-corrected chi connectivity index (χ2v) is 9.60. The number of hydrogen-bond acceptors (Lipinski definition) is 4. The molecule has 0 spiro atoms. The molecule has 3 nitrogen and oxygen atoms in total. The lowest BCUT2D eigenvalue weighted by Gasteiger charge is -2.18. The van der Waals surface area contributed by atoms with Crippen LogP contribution in [0.3, 0.4) is 0 Å². The van der Waals surface area contributed by atoms with Gasteiger partial charge < -0.3 is 9.42 Å². The van der Waals surface area contributed by atoms with Crippen LogP contribution in [-0.4, -0.2) is 44.1 Å². The van der Waals surface area contributed by atoms with Crippen molar-refractivity contribution in [2.45, 2.75) is 31.8 Å². The van der Waals surface area contributed by atoms with Crippen LogP contribution in [0.2, 0.25) is 0 Å². The third-order valence-electron chi connectivity index (χ3n) is 2.51.